The van der Waals surface area contributed by atoms with Crippen molar-refractivity contribution < 1.29 is 0 Å². The SMILES string of the molecule is CCCCCCCC[Si](CCCC)(CCCCCC)CCCCCCC. The Morgan fingerprint density at radius 1 is 0.308 bits per heavy atom. The van der Waals surface area contributed by atoms with Crippen LogP contribution in [0.3, 0.4) is 0 Å². The molecule has 0 fully saturated rings. The van der Waals surface area contributed by atoms with Gasteiger partial charge in [-0.05, 0) is 0 Å². The fourth-order valence-electron chi connectivity index (χ4n) is 4.61. The van der Waals surface area contributed by atoms with E-state index in [-0.39, 0.29) is 0 Å². The monoisotopic (exact) mass is 382 g/mol. The highest BCUT2D eigenvalue weighted by Crippen LogP contribution is 2.34. The fraction of sp³-hybridized carbons (Fsp3) is 1.00. The van der Waals surface area contributed by atoms with Crippen molar-refractivity contribution in [2.45, 2.75) is 161 Å². The van der Waals surface area contributed by atoms with Gasteiger partial charge in [0.05, 0.1) is 8.07 Å². The Balaban J connectivity index is 4.49. The topological polar surface area (TPSA) is 0 Å². The number of rotatable bonds is 21. The first-order chi connectivity index (χ1) is 12.7. The van der Waals surface area contributed by atoms with Gasteiger partial charge in [-0.3, -0.25) is 0 Å². The largest absolute Gasteiger partial charge is 0.0654 e. The third-order valence-corrected chi connectivity index (χ3v) is 12.1. The summed E-state index contributed by atoms with van der Waals surface area (Å²) in [4.78, 5) is 0. The zero-order valence-corrected chi connectivity index (χ0v) is 20.3. The lowest BCUT2D eigenvalue weighted by atomic mass is 10.1. The highest BCUT2D eigenvalue weighted by Gasteiger charge is 2.30. The Morgan fingerprint density at radius 2 is 0.577 bits per heavy atom. The summed E-state index contributed by atoms with van der Waals surface area (Å²) in [7, 11) is -0.995. The molecule has 0 N–H and O–H groups in total. The summed E-state index contributed by atoms with van der Waals surface area (Å²) in [5.74, 6) is 0. The molecule has 0 aromatic rings. The molecule has 1 unspecified atom stereocenters. The molecule has 1 atom stereocenters. The van der Waals surface area contributed by atoms with Crippen LogP contribution in [0.1, 0.15) is 137 Å². The minimum atomic E-state index is -0.995. The van der Waals surface area contributed by atoms with Gasteiger partial charge in [-0.1, -0.05) is 161 Å². The van der Waals surface area contributed by atoms with E-state index < -0.39 is 8.07 Å². The standard InChI is InChI=1S/C25H54Si/c1-5-9-13-16-18-21-25-26(22-12-8-4,23-19-15-11-7-3)24-20-17-14-10-6-2/h5-25H2,1-4H3. The molecule has 0 bridgehead atoms. The molecule has 0 radical (unpaired) electrons. The van der Waals surface area contributed by atoms with Crippen molar-refractivity contribution in [3.63, 3.8) is 0 Å². The molecule has 0 aliphatic rings. The third kappa shape index (κ3) is 15.3. The van der Waals surface area contributed by atoms with Gasteiger partial charge in [-0.2, -0.15) is 0 Å². The van der Waals surface area contributed by atoms with Crippen LogP contribution in [-0.4, -0.2) is 8.07 Å². The van der Waals surface area contributed by atoms with Crippen LogP contribution in [0.2, 0.25) is 24.2 Å². The van der Waals surface area contributed by atoms with Crippen LogP contribution in [0, 0.1) is 0 Å². The van der Waals surface area contributed by atoms with Crippen molar-refractivity contribution in [3.8, 4) is 0 Å². The van der Waals surface area contributed by atoms with Crippen molar-refractivity contribution >= 4 is 8.07 Å². The number of hydrogen-bond acceptors (Lipinski definition) is 0. The second-order valence-corrected chi connectivity index (χ2v) is 14.1. The summed E-state index contributed by atoms with van der Waals surface area (Å²) in [5.41, 5.74) is 0. The van der Waals surface area contributed by atoms with Crippen molar-refractivity contribution in [1.29, 1.82) is 0 Å². The molecule has 0 rings (SSSR count). The van der Waals surface area contributed by atoms with E-state index in [1.165, 1.54) is 89.9 Å². The van der Waals surface area contributed by atoms with Gasteiger partial charge in [0.25, 0.3) is 0 Å². The lowest BCUT2D eigenvalue weighted by molar-refractivity contribution is 0.615. The maximum atomic E-state index is 2.40. The van der Waals surface area contributed by atoms with E-state index in [0.717, 1.165) is 0 Å². The van der Waals surface area contributed by atoms with E-state index in [9.17, 15) is 0 Å². The molecule has 0 heterocycles. The van der Waals surface area contributed by atoms with Gasteiger partial charge in [0.15, 0.2) is 0 Å². The first-order valence-corrected chi connectivity index (χ1v) is 15.6. The van der Waals surface area contributed by atoms with Gasteiger partial charge in [-0.15, -0.1) is 0 Å². The molecule has 0 aromatic heterocycles. The van der Waals surface area contributed by atoms with Crippen LogP contribution in [0.5, 0.6) is 0 Å². The van der Waals surface area contributed by atoms with Crippen molar-refractivity contribution in [2.75, 3.05) is 0 Å². The predicted molar refractivity (Wildman–Crippen MR) is 126 cm³/mol. The Bertz CT molecular complexity index is 263. The number of hydrogen-bond donors (Lipinski definition) is 0. The first-order valence-electron chi connectivity index (χ1n) is 12.7. The second-order valence-electron chi connectivity index (χ2n) is 9.10. The summed E-state index contributed by atoms with van der Waals surface area (Å²) >= 11 is 0. The molecule has 0 aliphatic carbocycles. The highest BCUT2D eigenvalue weighted by atomic mass is 28.3. The van der Waals surface area contributed by atoms with E-state index in [0.29, 0.717) is 0 Å². The Kier molecular flexibility index (Phi) is 20.1. The lowest BCUT2D eigenvalue weighted by Gasteiger charge is -2.33. The summed E-state index contributed by atoms with van der Waals surface area (Å²) in [6.45, 7) is 9.43. The van der Waals surface area contributed by atoms with E-state index in [2.05, 4.69) is 27.7 Å². The molecular weight excluding hydrogens is 328 g/mol. The molecule has 1 heteroatoms. The summed E-state index contributed by atoms with van der Waals surface area (Å²) in [6, 6.07) is 6.64. The van der Waals surface area contributed by atoms with Crippen LogP contribution in [0.15, 0.2) is 0 Å². The van der Waals surface area contributed by atoms with Crippen LogP contribution >= 0.6 is 0 Å². The smallest absolute Gasteiger partial charge is 0.0535 e. The molecule has 158 valence electrons. The lowest BCUT2D eigenvalue weighted by Crippen LogP contribution is -2.33. The average Bonchev–Trinajstić information content (AvgIpc) is 2.66. The number of unbranched alkanes of at least 4 members (excludes halogenated alkanes) is 13. The van der Waals surface area contributed by atoms with E-state index in [1.54, 1.807) is 43.4 Å². The Labute approximate surface area is 169 Å². The van der Waals surface area contributed by atoms with E-state index in [4.69, 9.17) is 0 Å². The summed E-state index contributed by atoms with van der Waals surface area (Å²) in [6.07, 6.45) is 25.1. The Hall–Kier alpha value is 0.217. The first kappa shape index (κ1) is 26.2. The Morgan fingerprint density at radius 3 is 0.962 bits per heavy atom. The van der Waals surface area contributed by atoms with Crippen LogP contribution < -0.4 is 0 Å². The van der Waals surface area contributed by atoms with Crippen LogP contribution in [-0.2, 0) is 0 Å². The average molecular weight is 383 g/mol. The maximum absolute atomic E-state index is 2.40. The van der Waals surface area contributed by atoms with Gasteiger partial charge >= 0.3 is 0 Å². The zero-order chi connectivity index (χ0) is 19.3. The highest BCUT2D eigenvalue weighted by molar-refractivity contribution is 6.79. The van der Waals surface area contributed by atoms with Crippen molar-refractivity contribution in [1.82, 2.24) is 0 Å². The minimum Gasteiger partial charge on any atom is -0.0654 e. The normalized spacial score (nSPS) is 13.8. The van der Waals surface area contributed by atoms with Crippen molar-refractivity contribution in [2.24, 2.45) is 0 Å². The van der Waals surface area contributed by atoms with Crippen LogP contribution in [0.25, 0.3) is 0 Å². The molecule has 0 aromatic carbocycles. The minimum absolute atomic E-state index is 0.995. The van der Waals surface area contributed by atoms with Gasteiger partial charge in [0, 0.05) is 0 Å². The predicted octanol–water partition coefficient (Wildman–Crippen LogP) is 10.1. The summed E-state index contributed by atoms with van der Waals surface area (Å²) in [5, 5.41) is 0. The molecule has 0 amide bonds. The molecule has 0 nitrogen and oxygen atoms in total. The molecule has 0 saturated carbocycles. The van der Waals surface area contributed by atoms with E-state index in [1.807, 2.05) is 0 Å². The van der Waals surface area contributed by atoms with E-state index >= 15 is 0 Å². The van der Waals surface area contributed by atoms with Crippen LogP contribution in [0.4, 0.5) is 0 Å². The van der Waals surface area contributed by atoms with Gasteiger partial charge in [0.2, 0.25) is 0 Å². The fourth-order valence-corrected chi connectivity index (χ4v) is 10.2. The van der Waals surface area contributed by atoms with Gasteiger partial charge in [-0.25, -0.2) is 0 Å². The zero-order valence-electron chi connectivity index (χ0n) is 19.3. The second kappa shape index (κ2) is 20.0. The summed E-state index contributed by atoms with van der Waals surface area (Å²) < 4.78 is 0. The molecule has 0 aliphatic heterocycles. The maximum Gasteiger partial charge on any atom is 0.0535 e. The quantitative estimate of drug-likeness (QED) is 0.137. The molecule has 0 saturated heterocycles. The van der Waals surface area contributed by atoms with Gasteiger partial charge in [0.1, 0.15) is 0 Å². The third-order valence-electron chi connectivity index (χ3n) is 6.49. The van der Waals surface area contributed by atoms with Crippen molar-refractivity contribution in [3.05, 3.63) is 0 Å². The molecule has 26 heavy (non-hydrogen) atoms. The van der Waals surface area contributed by atoms with Gasteiger partial charge < -0.3 is 0 Å². The molecule has 0 spiro atoms. The molecular formula is C25H54Si.